The van der Waals surface area contributed by atoms with Crippen LogP contribution in [0.3, 0.4) is 0 Å². The number of nitrogens with zero attached hydrogens (tertiary/aromatic N) is 3. The number of rotatable bonds is 6. The summed E-state index contributed by atoms with van der Waals surface area (Å²) < 4.78 is 40.2. The summed E-state index contributed by atoms with van der Waals surface area (Å²) in [5, 5.41) is 6.95. The Kier molecular flexibility index (Phi) is 5.71. The molecule has 1 aliphatic rings. The van der Waals surface area contributed by atoms with Gasteiger partial charge in [0.1, 0.15) is 0 Å². The smallest absolute Gasteiger partial charge is 0.351 e. The third-order valence-corrected chi connectivity index (χ3v) is 4.62. The molecule has 0 saturated carbocycles. The van der Waals surface area contributed by atoms with Crippen molar-refractivity contribution < 1.29 is 22.8 Å². The Morgan fingerprint density at radius 3 is 2.82 bits per heavy atom. The largest absolute Gasteiger partial charge is 0.416 e. The fourth-order valence-corrected chi connectivity index (χ4v) is 3.26. The molecule has 0 spiro atoms. The van der Waals surface area contributed by atoms with Crippen LogP contribution in [-0.2, 0) is 28.9 Å². The molecule has 1 aromatic heterocycles. The molecule has 1 aliphatic heterocycles. The van der Waals surface area contributed by atoms with Gasteiger partial charge in [-0.25, -0.2) is 0 Å². The van der Waals surface area contributed by atoms with E-state index in [1.807, 2.05) is 6.92 Å². The van der Waals surface area contributed by atoms with Crippen molar-refractivity contribution in [2.45, 2.75) is 38.7 Å². The summed E-state index contributed by atoms with van der Waals surface area (Å²) in [6, 6.07) is 6.51. The second-order valence-corrected chi connectivity index (χ2v) is 7.01. The van der Waals surface area contributed by atoms with Crippen LogP contribution in [0.15, 0.2) is 42.7 Å². The third kappa shape index (κ3) is 4.90. The molecule has 9 heteroatoms. The highest BCUT2D eigenvalue weighted by Crippen LogP contribution is 2.30. The van der Waals surface area contributed by atoms with E-state index in [1.165, 1.54) is 11.0 Å². The predicted octanol–water partition coefficient (Wildman–Crippen LogP) is 2.46. The molecule has 0 bridgehead atoms. The van der Waals surface area contributed by atoms with E-state index < -0.39 is 17.7 Å². The first kappa shape index (κ1) is 19.9. The molecule has 0 aliphatic carbocycles. The van der Waals surface area contributed by atoms with Crippen LogP contribution in [0.4, 0.5) is 13.2 Å². The van der Waals surface area contributed by atoms with Gasteiger partial charge in [-0.2, -0.15) is 18.3 Å². The lowest BCUT2D eigenvalue weighted by Gasteiger charge is -2.19. The van der Waals surface area contributed by atoms with E-state index in [-0.39, 0.29) is 37.4 Å². The first-order valence-corrected chi connectivity index (χ1v) is 8.94. The fraction of sp³-hybridized carbons (Fsp3) is 0.421. The minimum Gasteiger partial charge on any atom is -0.351 e. The summed E-state index contributed by atoms with van der Waals surface area (Å²) in [6.45, 7) is 2.59. The van der Waals surface area contributed by atoms with E-state index in [2.05, 4.69) is 10.4 Å². The molecule has 0 radical (unpaired) electrons. The summed E-state index contributed by atoms with van der Waals surface area (Å²) in [4.78, 5) is 26.1. The zero-order chi connectivity index (χ0) is 20.3. The maximum atomic E-state index is 12.8. The maximum absolute atomic E-state index is 12.8. The van der Waals surface area contributed by atoms with Gasteiger partial charge in [0.25, 0.3) is 0 Å². The summed E-state index contributed by atoms with van der Waals surface area (Å²) in [5.41, 5.74) is -0.366. The number of nitrogens with one attached hydrogen (secondary N) is 1. The summed E-state index contributed by atoms with van der Waals surface area (Å²) in [6.07, 6.45) is -0.939. The normalized spacial score (nSPS) is 18.4. The van der Waals surface area contributed by atoms with Crippen LogP contribution in [0, 0.1) is 5.92 Å². The zero-order valence-electron chi connectivity index (χ0n) is 15.3. The van der Waals surface area contributed by atoms with Crippen LogP contribution in [0.5, 0.6) is 0 Å². The van der Waals surface area contributed by atoms with Crippen molar-refractivity contribution in [3.8, 4) is 0 Å². The van der Waals surface area contributed by atoms with Crippen molar-refractivity contribution in [3.05, 3.63) is 53.9 Å². The molecule has 3 rings (SSSR count). The lowest BCUT2D eigenvalue weighted by molar-refractivity contribution is -0.137. The van der Waals surface area contributed by atoms with Crippen LogP contribution in [0.2, 0.25) is 0 Å². The number of benzene rings is 1. The molecule has 6 nitrogen and oxygen atoms in total. The van der Waals surface area contributed by atoms with Gasteiger partial charge in [0.15, 0.2) is 0 Å². The Morgan fingerprint density at radius 1 is 1.36 bits per heavy atom. The van der Waals surface area contributed by atoms with Crippen LogP contribution in [-0.4, -0.2) is 39.1 Å². The SMILES string of the molecule is CC(Cn1cccn1)NC(=O)C1CC(=O)N(Cc2cccc(C(F)(F)F)c2)C1. The van der Waals surface area contributed by atoms with Crippen LogP contribution in [0.25, 0.3) is 0 Å². The van der Waals surface area contributed by atoms with Crippen molar-refractivity contribution in [2.75, 3.05) is 6.54 Å². The van der Waals surface area contributed by atoms with Crippen molar-refractivity contribution >= 4 is 11.8 Å². The second-order valence-electron chi connectivity index (χ2n) is 7.01. The molecular weight excluding hydrogens is 373 g/mol. The molecule has 1 saturated heterocycles. The molecule has 2 heterocycles. The highest BCUT2D eigenvalue weighted by atomic mass is 19.4. The molecule has 150 valence electrons. The molecule has 1 aromatic carbocycles. The third-order valence-electron chi connectivity index (χ3n) is 4.62. The number of halogens is 3. The Balaban J connectivity index is 1.56. The predicted molar refractivity (Wildman–Crippen MR) is 94.8 cm³/mol. The minimum atomic E-state index is -4.43. The molecular formula is C19H21F3N4O2. The van der Waals surface area contributed by atoms with Crippen molar-refractivity contribution in [3.63, 3.8) is 0 Å². The summed E-state index contributed by atoms with van der Waals surface area (Å²) in [5.74, 6) is -0.991. The average molecular weight is 394 g/mol. The van der Waals surface area contributed by atoms with Gasteiger partial charge >= 0.3 is 6.18 Å². The molecule has 1 N–H and O–H groups in total. The molecule has 2 atom stereocenters. The molecule has 28 heavy (non-hydrogen) atoms. The van der Waals surface area contributed by atoms with E-state index in [0.29, 0.717) is 12.1 Å². The quantitative estimate of drug-likeness (QED) is 0.819. The molecule has 2 unspecified atom stereocenters. The van der Waals surface area contributed by atoms with Gasteiger partial charge in [-0.3, -0.25) is 14.3 Å². The van der Waals surface area contributed by atoms with Gasteiger partial charge < -0.3 is 10.2 Å². The average Bonchev–Trinajstić information content (AvgIpc) is 3.24. The monoisotopic (exact) mass is 394 g/mol. The Morgan fingerprint density at radius 2 is 2.14 bits per heavy atom. The Hall–Kier alpha value is -2.84. The van der Waals surface area contributed by atoms with E-state index >= 15 is 0 Å². The summed E-state index contributed by atoms with van der Waals surface area (Å²) >= 11 is 0. The van der Waals surface area contributed by atoms with E-state index in [1.54, 1.807) is 29.2 Å². The van der Waals surface area contributed by atoms with Crippen molar-refractivity contribution in [1.29, 1.82) is 0 Å². The zero-order valence-corrected chi connectivity index (χ0v) is 15.3. The van der Waals surface area contributed by atoms with Crippen molar-refractivity contribution in [2.24, 2.45) is 5.92 Å². The molecule has 1 fully saturated rings. The van der Waals surface area contributed by atoms with E-state index in [4.69, 9.17) is 0 Å². The number of aromatic nitrogens is 2. The topological polar surface area (TPSA) is 67.2 Å². The second kappa shape index (κ2) is 8.04. The number of amides is 2. The maximum Gasteiger partial charge on any atom is 0.416 e. The van der Waals surface area contributed by atoms with E-state index in [0.717, 1.165) is 12.1 Å². The molecule has 2 amide bonds. The standard InChI is InChI=1S/C19H21F3N4O2/c1-13(10-26-7-3-6-23-26)24-18(28)15-9-17(27)25(12-15)11-14-4-2-5-16(8-14)19(20,21)22/h2-8,13,15H,9-12H2,1H3,(H,24,28). The Labute approximate surface area is 160 Å². The van der Waals surface area contributed by atoms with Gasteiger partial charge in [-0.05, 0) is 30.7 Å². The minimum absolute atomic E-state index is 0.0510. The number of alkyl halides is 3. The lowest BCUT2D eigenvalue weighted by Crippen LogP contribution is -2.40. The highest BCUT2D eigenvalue weighted by Gasteiger charge is 2.35. The summed E-state index contributed by atoms with van der Waals surface area (Å²) in [7, 11) is 0. The van der Waals surface area contributed by atoms with E-state index in [9.17, 15) is 22.8 Å². The fourth-order valence-electron chi connectivity index (χ4n) is 3.26. The van der Waals surface area contributed by atoms with Crippen LogP contribution < -0.4 is 5.32 Å². The van der Waals surface area contributed by atoms with Gasteiger partial charge in [0.05, 0.1) is 18.0 Å². The number of carbonyl (C=O) groups is 2. The first-order valence-electron chi connectivity index (χ1n) is 8.94. The number of hydrogen-bond acceptors (Lipinski definition) is 3. The molecule has 2 aromatic rings. The highest BCUT2D eigenvalue weighted by molar-refractivity contribution is 5.89. The van der Waals surface area contributed by atoms with Gasteiger partial charge in [0, 0.05) is 37.9 Å². The Bertz CT molecular complexity index is 836. The number of carbonyl (C=O) groups excluding carboxylic acids is 2. The van der Waals surface area contributed by atoms with Crippen LogP contribution in [0.1, 0.15) is 24.5 Å². The van der Waals surface area contributed by atoms with Crippen LogP contribution >= 0.6 is 0 Å². The lowest BCUT2D eigenvalue weighted by atomic mass is 10.1. The number of likely N-dealkylation sites (tertiary alicyclic amines) is 1. The van der Waals surface area contributed by atoms with Gasteiger partial charge in [-0.1, -0.05) is 12.1 Å². The number of hydrogen-bond donors (Lipinski definition) is 1. The van der Waals surface area contributed by atoms with Gasteiger partial charge in [0.2, 0.25) is 11.8 Å². The first-order chi connectivity index (χ1) is 13.2. The van der Waals surface area contributed by atoms with Gasteiger partial charge in [-0.15, -0.1) is 0 Å². The van der Waals surface area contributed by atoms with Crippen molar-refractivity contribution in [1.82, 2.24) is 20.0 Å².